The topological polar surface area (TPSA) is 42.7 Å². The molecular weight excluding hydrogens is 292 g/mol. The number of aromatic nitrogens is 3. The lowest BCUT2D eigenvalue weighted by Crippen LogP contribution is -2.24. The van der Waals surface area contributed by atoms with Crippen molar-refractivity contribution in [2.75, 3.05) is 6.54 Å². The molecule has 0 aromatic carbocycles. The van der Waals surface area contributed by atoms with Crippen LogP contribution in [0.15, 0.2) is 5.51 Å². The largest absolute Gasteiger partial charge is 0.309 e. The Morgan fingerprint density at radius 1 is 1.40 bits per heavy atom. The van der Waals surface area contributed by atoms with Gasteiger partial charge in [0, 0.05) is 23.5 Å². The summed E-state index contributed by atoms with van der Waals surface area (Å²) in [5, 5.41) is 8.72. The van der Waals surface area contributed by atoms with E-state index >= 15 is 0 Å². The summed E-state index contributed by atoms with van der Waals surface area (Å²) in [6.45, 7) is 7.23. The molecule has 0 amide bonds. The molecule has 0 saturated heterocycles. The first-order valence-electron chi connectivity index (χ1n) is 6.85. The van der Waals surface area contributed by atoms with E-state index in [4.69, 9.17) is 11.6 Å². The summed E-state index contributed by atoms with van der Waals surface area (Å²) in [5.74, 6) is 0. The van der Waals surface area contributed by atoms with Crippen LogP contribution in [0.1, 0.15) is 41.2 Å². The van der Waals surface area contributed by atoms with Crippen LogP contribution < -0.4 is 5.32 Å². The second-order valence-electron chi connectivity index (χ2n) is 4.99. The molecular formula is C14H21ClN4S. The third-order valence-corrected chi connectivity index (χ3v) is 4.94. The highest BCUT2D eigenvalue weighted by atomic mass is 35.5. The van der Waals surface area contributed by atoms with Crippen molar-refractivity contribution in [3.63, 3.8) is 0 Å². The Morgan fingerprint density at radius 3 is 2.65 bits per heavy atom. The smallest absolute Gasteiger partial charge is 0.130 e. The minimum absolute atomic E-state index is 0.253. The molecule has 2 aromatic rings. The van der Waals surface area contributed by atoms with Crippen molar-refractivity contribution >= 4 is 22.9 Å². The van der Waals surface area contributed by atoms with Crippen molar-refractivity contribution in [3.05, 3.63) is 32.5 Å². The van der Waals surface area contributed by atoms with Gasteiger partial charge in [0.1, 0.15) is 5.15 Å². The minimum atomic E-state index is 0.253. The molecule has 0 radical (unpaired) electrons. The summed E-state index contributed by atoms with van der Waals surface area (Å²) >= 11 is 8.06. The molecule has 0 fully saturated rings. The van der Waals surface area contributed by atoms with Gasteiger partial charge in [-0.15, -0.1) is 11.3 Å². The van der Waals surface area contributed by atoms with Gasteiger partial charge in [-0.25, -0.2) is 4.98 Å². The normalized spacial score (nSPS) is 12.8. The molecule has 0 aliphatic carbocycles. The van der Waals surface area contributed by atoms with Crippen LogP contribution in [0.2, 0.25) is 5.15 Å². The zero-order valence-electron chi connectivity index (χ0n) is 12.4. The Bertz CT molecular complexity index is 576. The van der Waals surface area contributed by atoms with Crippen molar-refractivity contribution in [3.8, 4) is 0 Å². The SMILES string of the molecule is CCCNC(Cc1c(C)nn(C)c1Cl)c1scnc1C. The summed E-state index contributed by atoms with van der Waals surface area (Å²) in [5.41, 5.74) is 5.13. The van der Waals surface area contributed by atoms with E-state index in [9.17, 15) is 0 Å². The quantitative estimate of drug-likeness (QED) is 0.888. The summed E-state index contributed by atoms with van der Waals surface area (Å²) in [6.07, 6.45) is 1.95. The molecule has 0 aliphatic heterocycles. The van der Waals surface area contributed by atoms with E-state index in [-0.39, 0.29) is 6.04 Å². The van der Waals surface area contributed by atoms with Crippen LogP contribution in [0.3, 0.4) is 0 Å². The van der Waals surface area contributed by atoms with Crippen LogP contribution in [-0.2, 0) is 13.5 Å². The Morgan fingerprint density at radius 2 is 2.15 bits per heavy atom. The average molecular weight is 313 g/mol. The summed E-state index contributed by atoms with van der Waals surface area (Å²) in [6, 6.07) is 0.253. The molecule has 2 heterocycles. The van der Waals surface area contributed by atoms with Crippen molar-refractivity contribution in [1.29, 1.82) is 0 Å². The second kappa shape index (κ2) is 6.70. The summed E-state index contributed by atoms with van der Waals surface area (Å²) in [7, 11) is 1.88. The fourth-order valence-corrected chi connectivity index (χ4v) is 3.46. The Kier molecular flexibility index (Phi) is 5.18. The standard InChI is InChI=1S/C14H21ClN4S/c1-5-6-16-12(13-10(3)17-8-20-13)7-11-9(2)18-19(4)14(11)15/h8,12,16H,5-7H2,1-4H3. The predicted molar refractivity (Wildman–Crippen MR) is 84.5 cm³/mol. The maximum absolute atomic E-state index is 6.35. The fraction of sp³-hybridized carbons (Fsp3) is 0.571. The van der Waals surface area contributed by atoms with E-state index in [0.717, 1.165) is 41.5 Å². The Labute approximate surface area is 129 Å². The molecule has 1 unspecified atom stereocenters. The van der Waals surface area contributed by atoms with Gasteiger partial charge in [0.05, 0.1) is 16.9 Å². The van der Waals surface area contributed by atoms with E-state index in [1.807, 2.05) is 19.5 Å². The van der Waals surface area contributed by atoms with Crippen molar-refractivity contribution < 1.29 is 0 Å². The van der Waals surface area contributed by atoms with E-state index in [1.54, 1.807) is 16.0 Å². The predicted octanol–water partition coefficient (Wildman–Crippen LogP) is 3.43. The highest BCUT2D eigenvalue weighted by Gasteiger charge is 2.20. The minimum Gasteiger partial charge on any atom is -0.309 e. The van der Waals surface area contributed by atoms with E-state index in [2.05, 4.69) is 29.2 Å². The van der Waals surface area contributed by atoms with Crippen molar-refractivity contribution in [2.24, 2.45) is 7.05 Å². The van der Waals surface area contributed by atoms with Gasteiger partial charge in [0.2, 0.25) is 0 Å². The Balaban J connectivity index is 2.26. The molecule has 0 aliphatic rings. The van der Waals surface area contributed by atoms with Gasteiger partial charge in [-0.3, -0.25) is 4.68 Å². The molecule has 4 nitrogen and oxygen atoms in total. The van der Waals surface area contributed by atoms with Gasteiger partial charge in [-0.2, -0.15) is 5.10 Å². The lowest BCUT2D eigenvalue weighted by molar-refractivity contribution is 0.533. The van der Waals surface area contributed by atoms with Gasteiger partial charge in [-0.1, -0.05) is 18.5 Å². The maximum Gasteiger partial charge on any atom is 0.130 e. The fourth-order valence-electron chi connectivity index (χ4n) is 2.33. The molecule has 20 heavy (non-hydrogen) atoms. The lowest BCUT2D eigenvalue weighted by atomic mass is 10.0. The molecule has 1 atom stereocenters. The lowest BCUT2D eigenvalue weighted by Gasteiger charge is -2.18. The zero-order valence-corrected chi connectivity index (χ0v) is 14.0. The van der Waals surface area contributed by atoms with Gasteiger partial charge >= 0.3 is 0 Å². The number of thiazole rings is 1. The molecule has 2 aromatic heterocycles. The number of hydrogen-bond donors (Lipinski definition) is 1. The molecule has 0 bridgehead atoms. The van der Waals surface area contributed by atoms with Gasteiger partial charge in [0.25, 0.3) is 0 Å². The molecule has 0 saturated carbocycles. The number of nitrogens with one attached hydrogen (secondary N) is 1. The number of hydrogen-bond acceptors (Lipinski definition) is 4. The first kappa shape index (κ1) is 15.5. The monoisotopic (exact) mass is 312 g/mol. The van der Waals surface area contributed by atoms with Crippen molar-refractivity contribution in [1.82, 2.24) is 20.1 Å². The number of nitrogens with zero attached hydrogens (tertiary/aromatic N) is 3. The molecule has 0 spiro atoms. The summed E-state index contributed by atoms with van der Waals surface area (Å²) < 4.78 is 1.74. The van der Waals surface area contributed by atoms with Crippen LogP contribution >= 0.6 is 22.9 Å². The molecule has 1 N–H and O–H groups in total. The highest BCUT2D eigenvalue weighted by Crippen LogP contribution is 2.29. The van der Waals surface area contributed by atoms with Crippen LogP contribution in [0.4, 0.5) is 0 Å². The average Bonchev–Trinajstić information content (AvgIpc) is 2.93. The van der Waals surface area contributed by atoms with E-state index in [0.29, 0.717) is 0 Å². The Hall–Kier alpha value is -0.910. The van der Waals surface area contributed by atoms with Crippen LogP contribution in [-0.4, -0.2) is 21.3 Å². The molecule has 6 heteroatoms. The number of rotatable bonds is 6. The third-order valence-electron chi connectivity index (χ3n) is 3.42. The second-order valence-corrected chi connectivity index (χ2v) is 6.24. The molecule has 110 valence electrons. The van der Waals surface area contributed by atoms with Crippen LogP contribution in [0, 0.1) is 13.8 Å². The first-order chi connectivity index (χ1) is 9.54. The third kappa shape index (κ3) is 3.22. The highest BCUT2D eigenvalue weighted by molar-refractivity contribution is 7.09. The van der Waals surface area contributed by atoms with Gasteiger partial charge in [-0.05, 0) is 33.2 Å². The number of halogens is 1. The first-order valence-corrected chi connectivity index (χ1v) is 8.11. The van der Waals surface area contributed by atoms with Gasteiger partial charge < -0.3 is 5.32 Å². The molecule has 2 rings (SSSR count). The maximum atomic E-state index is 6.35. The van der Waals surface area contributed by atoms with Crippen molar-refractivity contribution in [2.45, 2.75) is 39.7 Å². The summed E-state index contributed by atoms with van der Waals surface area (Å²) in [4.78, 5) is 5.65. The van der Waals surface area contributed by atoms with Gasteiger partial charge in [0.15, 0.2) is 0 Å². The zero-order chi connectivity index (χ0) is 14.7. The number of aryl methyl sites for hydroxylation is 3. The van der Waals surface area contributed by atoms with Crippen LogP contribution in [0.5, 0.6) is 0 Å². The van der Waals surface area contributed by atoms with E-state index in [1.165, 1.54) is 4.88 Å². The van der Waals surface area contributed by atoms with E-state index < -0.39 is 0 Å². The van der Waals surface area contributed by atoms with Crippen LogP contribution in [0.25, 0.3) is 0 Å².